The van der Waals surface area contributed by atoms with E-state index in [9.17, 15) is 4.79 Å². The fourth-order valence-electron chi connectivity index (χ4n) is 1.73. The van der Waals surface area contributed by atoms with Crippen LogP contribution < -0.4 is 11.1 Å². The molecule has 86 valence electrons. The number of carbonyl (C=O) groups excluding carboxylic acids is 1. The smallest absolute Gasteiger partial charge is 0.237 e. The van der Waals surface area contributed by atoms with E-state index in [-0.39, 0.29) is 23.9 Å². The second-order valence-electron chi connectivity index (χ2n) is 4.40. The van der Waals surface area contributed by atoms with Crippen LogP contribution in [0.5, 0.6) is 0 Å². The Balaban J connectivity index is 2.37. The van der Waals surface area contributed by atoms with Gasteiger partial charge in [0.2, 0.25) is 5.91 Å². The molecule has 0 saturated heterocycles. The van der Waals surface area contributed by atoms with E-state index < -0.39 is 0 Å². The normalized spacial score (nSPS) is 24.6. The summed E-state index contributed by atoms with van der Waals surface area (Å²) in [7, 11) is 0. The average molecular weight is 210 g/mol. The predicted octanol–water partition coefficient (Wildman–Crippen LogP) is 1.58. The van der Waals surface area contributed by atoms with E-state index in [1.807, 2.05) is 6.92 Å². The molecule has 3 heteroatoms. The van der Waals surface area contributed by atoms with Crippen molar-refractivity contribution in [2.75, 3.05) is 0 Å². The summed E-state index contributed by atoms with van der Waals surface area (Å²) in [5.74, 6) is 0.258. The molecule has 0 saturated carbocycles. The Kier molecular flexibility index (Phi) is 4.82. The van der Waals surface area contributed by atoms with E-state index in [0.717, 1.165) is 25.7 Å². The van der Waals surface area contributed by atoms with Crippen molar-refractivity contribution in [3.63, 3.8) is 0 Å². The summed E-state index contributed by atoms with van der Waals surface area (Å²) < 4.78 is 0. The third-order valence-corrected chi connectivity index (χ3v) is 3.18. The maximum atomic E-state index is 11.8. The second-order valence-corrected chi connectivity index (χ2v) is 4.40. The first-order valence-corrected chi connectivity index (χ1v) is 5.86. The van der Waals surface area contributed by atoms with Gasteiger partial charge in [0.15, 0.2) is 0 Å². The van der Waals surface area contributed by atoms with Crippen molar-refractivity contribution in [2.45, 2.75) is 51.6 Å². The van der Waals surface area contributed by atoms with Gasteiger partial charge in [0.25, 0.3) is 0 Å². The fraction of sp³-hybridized carbons (Fsp3) is 0.750. The monoisotopic (exact) mass is 210 g/mol. The molecule has 0 aromatic rings. The predicted molar refractivity (Wildman–Crippen MR) is 62.4 cm³/mol. The molecule has 1 amide bonds. The van der Waals surface area contributed by atoms with Crippen LogP contribution in [-0.2, 0) is 4.79 Å². The molecule has 3 atom stereocenters. The van der Waals surface area contributed by atoms with Crippen molar-refractivity contribution in [1.29, 1.82) is 0 Å². The number of hydrogen-bond donors (Lipinski definition) is 2. The van der Waals surface area contributed by atoms with Gasteiger partial charge in [-0.15, -0.1) is 0 Å². The SMILES string of the molecule is CC[C@H](C)[C@H](N)C(=O)NC1CC=CCC1. The lowest BCUT2D eigenvalue weighted by Gasteiger charge is -2.23. The topological polar surface area (TPSA) is 55.1 Å². The first kappa shape index (κ1) is 12.2. The van der Waals surface area contributed by atoms with E-state index in [2.05, 4.69) is 24.4 Å². The van der Waals surface area contributed by atoms with E-state index in [4.69, 9.17) is 5.73 Å². The lowest BCUT2D eigenvalue weighted by atomic mass is 9.97. The Labute approximate surface area is 92.1 Å². The van der Waals surface area contributed by atoms with Gasteiger partial charge in [-0.1, -0.05) is 32.4 Å². The van der Waals surface area contributed by atoms with Gasteiger partial charge in [-0.3, -0.25) is 4.79 Å². The molecule has 1 unspecified atom stereocenters. The van der Waals surface area contributed by atoms with Crippen molar-refractivity contribution in [1.82, 2.24) is 5.32 Å². The first-order valence-electron chi connectivity index (χ1n) is 5.86. The Morgan fingerprint density at radius 2 is 2.33 bits per heavy atom. The molecule has 0 fully saturated rings. The molecule has 1 rings (SSSR count). The van der Waals surface area contributed by atoms with Gasteiger partial charge in [-0.05, 0) is 25.2 Å². The van der Waals surface area contributed by atoms with Gasteiger partial charge >= 0.3 is 0 Å². The molecule has 0 heterocycles. The fourth-order valence-corrected chi connectivity index (χ4v) is 1.73. The third-order valence-electron chi connectivity index (χ3n) is 3.18. The number of nitrogens with two attached hydrogens (primary N) is 1. The molecule has 0 spiro atoms. The van der Waals surface area contributed by atoms with Crippen LogP contribution in [0.1, 0.15) is 39.5 Å². The summed E-state index contributed by atoms with van der Waals surface area (Å²) >= 11 is 0. The van der Waals surface area contributed by atoms with Crippen molar-refractivity contribution in [2.24, 2.45) is 11.7 Å². The average Bonchev–Trinajstić information content (AvgIpc) is 2.28. The van der Waals surface area contributed by atoms with Crippen LogP contribution in [0, 0.1) is 5.92 Å². The minimum Gasteiger partial charge on any atom is -0.352 e. The molecule has 0 aromatic heterocycles. The van der Waals surface area contributed by atoms with Crippen LogP contribution in [-0.4, -0.2) is 18.0 Å². The van der Waals surface area contributed by atoms with Gasteiger partial charge in [0.1, 0.15) is 0 Å². The second kappa shape index (κ2) is 5.91. The highest BCUT2D eigenvalue weighted by Gasteiger charge is 2.21. The maximum Gasteiger partial charge on any atom is 0.237 e. The number of nitrogens with one attached hydrogen (secondary N) is 1. The Morgan fingerprint density at radius 3 is 2.87 bits per heavy atom. The highest BCUT2D eigenvalue weighted by molar-refractivity contribution is 5.82. The van der Waals surface area contributed by atoms with Crippen LogP contribution >= 0.6 is 0 Å². The lowest BCUT2D eigenvalue weighted by molar-refractivity contribution is -0.124. The molecule has 3 N–H and O–H groups in total. The van der Waals surface area contributed by atoms with Crippen molar-refractivity contribution in [3.8, 4) is 0 Å². The number of allylic oxidation sites excluding steroid dienone is 1. The number of hydrogen-bond acceptors (Lipinski definition) is 2. The molecule has 0 aliphatic heterocycles. The minimum absolute atomic E-state index is 0.00431. The molecule has 3 nitrogen and oxygen atoms in total. The zero-order valence-electron chi connectivity index (χ0n) is 9.70. The summed E-state index contributed by atoms with van der Waals surface area (Å²) in [5.41, 5.74) is 5.86. The van der Waals surface area contributed by atoms with Crippen LogP contribution in [0.25, 0.3) is 0 Å². The van der Waals surface area contributed by atoms with Crippen molar-refractivity contribution in [3.05, 3.63) is 12.2 Å². The Morgan fingerprint density at radius 1 is 1.60 bits per heavy atom. The quantitative estimate of drug-likeness (QED) is 0.692. The zero-order valence-corrected chi connectivity index (χ0v) is 9.70. The van der Waals surface area contributed by atoms with Gasteiger partial charge < -0.3 is 11.1 Å². The van der Waals surface area contributed by atoms with Crippen LogP contribution in [0.3, 0.4) is 0 Å². The maximum absolute atomic E-state index is 11.8. The summed E-state index contributed by atoms with van der Waals surface area (Å²) in [6.45, 7) is 4.08. The van der Waals surface area contributed by atoms with Crippen molar-refractivity contribution < 1.29 is 4.79 Å². The van der Waals surface area contributed by atoms with E-state index in [1.54, 1.807) is 0 Å². The van der Waals surface area contributed by atoms with Crippen LogP contribution in [0.2, 0.25) is 0 Å². The Bertz CT molecular complexity index is 238. The standard InChI is InChI=1S/C12H22N2O/c1-3-9(2)11(13)12(15)14-10-7-5-4-6-8-10/h4-5,9-11H,3,6-8,13H2,1-2H3,(H,14,15)/t9-,10?,11-/m0/s1. The molecule has 0 bridgehead atoms. The lowest BCUT2D eigenvalue weighted by Crippen LogP contribution is -2.48. The highest BCUT2D eigenvalue weighted by atomic mass is 16.2. The summed E-state index contributed by atoms with van der Waals surface area (Å²) in [6, 6.07) is -0.0708. The first-order chi connectivity index (χ1) is 7.15. The third kappa shape index (κ3) is 3.67. The van der Waals surface area contributed by atoms with Crippen LogP contribution in [0.15, 0.2) is 12.2 Å². The summed E-state index contributed by atoms with van der Waals surface area (Å²) in [4.78, 5) is 11.8. The molecule has 1 aliphatic carbocycles. The van der Waals surface area contributed by atoms with E-state index in [1.165, 1.54) is 0 Å². The highest BCUT2D eigenvalue weighted by Crippen LogP contribution is 2.12. The summed E-state index contributed by atoms with van der Waals surface area (Å²) in [5, 5.41) is 3.02. The number of amides is 1. The molecule has 1 aliphatic rings. The van der Waals surface area contributed by atoms with Gasteiger partial charge in [0, 0.05) is 6.04 Å². The largest absolute Gasteiger partial charge is 0.352 e. The Hall–Kier alpha value is -0.830. The van der Waals surface area contributed by atoms with Gasteiger partial charge in [0.05, 0.1) is 6.04 Å². The molecule has 0 radical (unpaired) electrons. The number of carbonyl (C=O) groups is 1. The molecule has 15 heavy (non-hydrogen) atoms. The van der Waals surface area contributed by atoms with E-state index >= 15 is 0 Å². The van der Waals surface area contributed by atoms with Crippen molar-refractivity contribution >= 4 is 5.91 Å². The molecule has 0 aromatic carbocycles. The molecular formula is C12H22N2O. The molecular weight excluding hydrogens is 188 g/mol. The minimum atomic E-state index is -0.360. The summed E-state index contributed by atoms with van der Waals surface area (Å²) in [6.07, 6.45) is 8.28. The zero-order chi connectivity index (χ0) is 11.3. The van der Waals surface area contributed by atoms with Crippen LogP contribution in [0.4, 0.5) is 0 Å². The van der Waals surface area contributed by atoms with Gasteiger partial charge in [-0.2, -0.15) is 0 Å². The van der Waals surface area contributed by atoms with E-state index in [0.29, 0.717) is 0 Å². The number of rotatable bonds is 4. The van der Waals surface area contributed by atoms with Gasteiger partial charge in [-0.25, -0.2) is 0 Å².